The average molecular weight is 505 g/mol. The van der Waals surface area contributed by atoms with E-state index in [2.05, 4.69) is 26.3 Å². The van der Waals surface area contributed by atoms with Crippen LogP contribution in [0, 0.1) is 0 Å². The van der Waals surface area contributed by atoms with Crippen LogP contribution in [0.2, 0.25) is 0 Å². The third-order valence-electron chi connectivity index (χ3n) is 8.65. The molecule has 4 heterocycles. The third-order valence-corrected chi connectivity index (χ3v) is 8.65. The highest BCUT2D eigenvalue weighted by Crippen LogP contribution is 2.57. The first-order chi connectivity index (χ1) is 17.5. The molecule has 1 aromatic carbocycles. The highest BCUT2D eigenvalue weighted by molar-refractivity contribution is 6.61. The molecule has 3 fully saturated rings. The van der Waals surface area contributed by atoms with E-state index in [4.69, 9.17) is 14.4 Å². The molecule has 194 valence electrons. The summed E-state index contributed by atoms with van der Waals surface area (Å²) in [5, 5.41) is 11.5. The molecule has 6 rings (SSSR count). The number of anilines is 2. The summed E-state index contributed by atoms with van der Waals surface area (Å²) in [5.74, 6) is 0.494. The summed E-state index contributed by atoms with van der Waals surface area (Å²) >= 11 is 0. The number of aromatic nitrogens is 2. The van der Waals surface area contributed by atoms with Gasteiger partial charge in [0.05, 0.1) is 17.2 Å². The van der Waals surface area contributed by atoms with Gasteiger partial charge in [0.25, 0.3) is 5.91 Å². The van der Waals surface area contributed by atoms with E-state index in [-0.39, 0.29) is 17.4 Å². The monoisotopic (exact) mass is 505 g/mol. The van der Waals surface area contributed by atoms with Gasteiger partial charge in [-0.2, -0.15) is 0 Å². The van der Waals surface area contributed by atoms with Crippen LogP contribution < -0.4 is 15.7 Å². The molecule has 3 aliphatic heterocycles. The SMILES string of the molecule is CC1(C)OB(c2cnc(N3CC4(CC4)c4ccc(C(=O)N5CCC(NC(=O)O)C5)cc43)nc2)OC1(C)C. The molecule has 1 aromatic heterocycles. The lowest BCUT2D eigenvalue weighted by atomic mass is 9.81. The Labute approximate surface area is 216 Å². The van der Waals surface area contributed by atoms with E-state index < -0.39 is 24.4 Å². The number of benzene rings is 1. The second-order valence-electron chi connectivity index (χ2n) is 11.7. The van der Waals surface area contributed by atoms with E-state index in [9.17, 15) is 9.59 Å². The first-order valence-corrected chi connectivity index (χ1v) is 12.9. The molecule has 11 heteroatoms. The predicted molar refractivity (Wildman–Crippen MR) is 138 cm³/mol. The lowest BCUT2D eigenvalue weighted by Gasteiger charge is -2.32. The van der Waals surface area contributed by atoms with Crippen LogP contribution in [0.3, 0.4) is 0 Å². The van der Waals surface area contributed by atoms with Gasteiger partial charge in [0.15, 0.2) is 0 Å². The first-order valence-electron chi connectivity index (χ1n) is 12.9. The van der Waals surface area contributed by atoms with Crippen molar-refractivity contribution in [3.8, 4) is 0 Å². The minimum absolute atomic E-state index is 0.0915. The zero-order valence-electron chi connectivity index (χ0n) is 21.7. The summed E-state index contributed by atoms with van der Waals surface area (Å²) < 4.78 is 12.3. The molecule has 4 aliphatic rings. The molecule has 0 bridgehead atoms. The van der Waals surface area contributed by atoms with Gasteiger partial charge >= 0.3 is 13.2 Å². The zero-order valence-corrected chi connectivity index (χ0v) is 21.7. The van der Waals surface area contributed by atoms with Crippen LogP contribution in [0.4, 0.5) is 16.4 Å². The van der Waals surface area contributed by atoms with Crippen LogP contribution in [0.15, 0.2) is 30.6 Å². The fourth-order valence-corrected chi connectivity index (χ4v) is 5.56. The van der Waals surface area contributed by atoms with Crippen molar-refractivity contribution in [3.63, 3.8) is 0 Å². The number of amides is 2. The molecule has 1 unspecified atom stereocenters. The Morgan fingerprint density at radius 1 is 1.11 bits per heavy atom. The zero-order chi connectivity index (χ0) is 26.2. The number of hydrogen-bond acceptors (Lipinski definition) is 7. The number of carboxylic acid groups (broad SMARTS) is 1. The fourth-order valence-electron chi connectivity index (χ4n) is 5.56. The summed E-state index contributed by atoms with van der Waals surface area (Å²) in [6, 6.07) is 5.66. The van der Waals surface area contributed by atoms with E-state index in [1.807, 2.05) is 39.8 Å². The molecular formula is C26H32BN5O5. The quantitative estimate of drug-likeness (QED) is 0.609. The van der Waals surface area contributed by atoms with Crippen molar-refractivity contribution in [1.29, 1.82) is 0 Å². The minimum Gasteiger partial charge on any atom is -0.465 e. The molecule has 2 aromatic rings. The molecule has 10 nitrogen and oxygen atoms in total. The average Bonchev–Trinajstić information content (AvgIpc) is 3.26. The van der Waals surface area contributed by atoms with Crippen LogP contribution in [0.25, 0.3) is 0 Å². The van der Waals surface area contributed by atoms with Gasteiger partial charge in [0.2, 0.25) is 5.95 Å². The Morgan fingerprint density at radius 2 is 1.78 bits per heavy atom. The number of nitrogens with zero attached hydrogens (tertiary/aromatic N) is 4. The van der Waals surface area contributed by atoms with Gasteiger partial charge in [0, 0.05) is 54.2 Å². The number of hydrogen-bond donors (Lipinski definition) is 2. The van der Waals surface area contributed by atoms with Crippen molar-refractivity contribution in [2.24, 2.45) is 0 Å². The van der Waals surface area contributed by atoms with Gasteiger partial charge in [-0.25, -0.2) is 14.8 Å². The van der Waals surface area contributed by atoms with E-state index in [0.717, 1.165) is 30.5 Å². The summed E-state index contributed by atoms with van der Waals surface area (Å²) in [6.45, 7) is 9.75. The maximum absolute atomic E-state index is 13.3. The molecule has 1 atom stereocenters. The van der Waals surface area contributed by atoms with Gasteiger partial charge < -0.3 is 29.5 Å². The number of rotatable bonds is 4. The third kappa shape index (κ3) is 4.04. The van der Waals surface area contributed by atoms with Crippen LogP contribution in [-0.4, -0.2) is 76.0 Å². The van der Waals surface area contributed by atoms with Gasteiger partial charge in [-0.15, -0.1) is 0 Å². The van der Waals surface area contributed by atoms with E-state index in [1.165, 1.54) is 5.56 Å². The second kappa shape index (κ2) is 8.16. The summed E-state index contributed by atoms with van der Waals surface area (Å²) in [4.78, 5) is 37.4. The number of nitrogens with one attached hydrogen (secondary N) is 1. The van der Waals surface area contributed by atoms with Gasteiger partial charge in [-0.05, 0) is 64.7 Å². The summed E-state index contributed by atoms with van der Waals surface area (Å²) in [7, 11) is -0.524. The minimum atomic E-state index is -1.06. The normalized spacial score (nSPS) is 24.4. The van der Waals surface area contributed by atoms with Crippen LogP contribution >= 0.6 is 0 Å². The maximum Gasteiger partial charge on any atom is 0.498 e. The van der Waals surface area contributed by atoms with Crippen LogP contribution in [0.1, 0.15) is 62.9 Å². The summed E-state index contributed by atoms with van der Waals surface area (Å²) in [5.41, 5.74) is 2.77. The van der Waals surface area contributed by atoms with Crippen LogP contribution in [-0.2, 0) is 14.7 Å². The largest absolute Gasteiger partial charge is 0.498 e. The number of fused-ring (bicyclic) bond motifs is 2. The predicted octanol–water partition coefficient (Wildman–Crippen LogP) is 2.44. The van der Waals surface area contributed by atoms with Gasteiger partial charge in [-0.1, -0.05) is 6.07 Å². The molecule has 2 amide bonds. The highest BCUT2D eigenvalue weighted by Gasteiger charge is 2.54. The molecule has 1 spiro atoms. The second-order valence-corrected chi connectivity index (χ2v) is 11.7. The van der Waals surface area contributed by atoms with Crippen molar-refractivity contribution in [2.45, 2.75) is 69.6 Å². The number of likely N-dealkylation sites (tertiary alicyclic amines) is 1. The Bertz CT molecular complexity index is 1250. The highest BCUT2D eigenvalue weighted by atomic mass is 16.7. The van der Waals surface area contributed by atoms with Crippen molar-refractivity contribution < 1.29 is 24.0 Å². The Hall–Kier alpha value is -3.18. The Morgan fingerprint density at radius 3 is 2.41 bits per heavy atom. The van der Waals surface area contributed by atoms with Crippen LogP contribution in [0.5, 0.6) is 0 Å². The lowest BCUT2D eigenvalue weighted by Crippen LogP contribution is -2.41. The molecular weight excluding hydrogens is 473 g/mol. The van der Waals surface area contributed by atoms with Gasteiger partial charge in [0.1, 0.15) is 0 Å². The summed E-state index contributed by atoms with van der Waals surface area (Å²) in [6.07, 6.45) is 5.27. The maximum atomic E-state index is 13.3. The smallest absolute Gasteiger partial charge is 0.465 e. The van der Waals surface area contributed by atoms with Gasteiger partial charge in [-0.3, -0.25) is 4.79 Å². The molecule has 0 radical (unpaired) electrons. The van der Waals surface area contributed by atoms with E-state index in [0.29, 0.717) is 31.0 Å². The molecule has 37 heavy (non-hydrogen) atoms. The molecule has 1 saturated carbocycles. The van der Waals surface area contributed by atoms with Crippen molar-refractivity contribution in [3.05, 3.63) is 41.7 Å². The van der Waals surface area contributed by atoms with E-state index in [1.54, 1.807) is 17.3 Å². The Kier molecular flexibility index (Phi) is 5.33. The lowest BCUT2D eigenvalue weighted by molar-refractivity contribution is 0.00578. The van der Waals surface area contributed by atoms with E-state index >= 15 is 0 Å². The Balaban J connectivity index is 1.24. The van der Waals surface area contributed by atoms with Crippen molar-refractivity contribution in [1.82, 2.24) is 20.2 Å². The number of carbonyl (C=O) groups excluding carboxylic acids is 1. The standard InChI is InChI=1S/C26H32BN5O5/c1-24(2)25(3,4)37-27(36-24)17-12-28-22(29-13-17)32-15-26(8-9-26)19-6-5-16(11-20(19)32)21(33)31-10-7-18(14-31)30-23(34)35/h5-6,11-13,18,30H,7-10,14-15H2,1-4H3,(H,34,35). The van der Waals surface area contributed by atoms with Crippen molar-refractivity contribution in [2.75, 3.05) is 24.5 Å². The molecule has 2 N–H and O–H groups in total. The number of carbonyl (C=O) groups is 2. The van der Waals surface area contributed by atoms with Crippen molar-refractivity contribution >= 4 is 36.2 Å². The molecule has 1 aliphatic carbocycles. The topological polar surface area (TPSA) is 117 Å². The first kappa shape index (κ1) is 24.2. The molecule has 2 saturated heterocycles. The fraction of sp³-hybridized carbons (Fsp3) is 0.538.